The number of nitrogens with two attached hydrogens (primary N) is 1. The Labute approximate surface area is 114 Å². The zero-order valence-corrected chi connectivity index (χ0v) is 11.9. The lowest BCUT2D eigenvalue weighted by Crippen LogP contribution is -2.34. The first-order chi connectivity index (χ1) is 8.59. The van der Waals surface area contributed by atoms with Crippen LogP contribution in [0.5, 0.6) is 0 Å². The molecule has 0 radical (unpaired) electrons. The monoisotopic (exact) mass is 273 g/mol. The lowest BCUT2D eigenvalue weighted by molar-refractivity contribution is -0.130. The minimum Gasteiger partial charge on any atom is -0.393 e. The molecule has 0 saturated carbocycles. The number of rotatable bonds is 6. The molecule has 104 valence electrons. The SMILES string of the molecule is CN(CCC(N)=S)C(=O)CCN1CCCOCC1. The summed E-state index contributed by atoms with van der Waals surface area (Å²) in [6, 6.07) is 0. The molecule has 18 heavy (non-hydrogen) atoms. The zero-order chi connectivity index (χ0) is 13.4. The maximum atomic E-state index is 11.9. The summed E-state index contributed by atoms with van der Waals surface area (Å²) in [7, 11) is 1.80. The molecule has 6 heteroatoms. The summed E-state index contributed by atoms with van der Waals surface area (Å²) >= 11 is 4.80. The van der Waals surface area contributed by atoms with E-state index >= 15 is 0 Å². The zero-order valence-electron chi connectivity index (χ0n) is 11.1. The number of hydrogen-bond donors (Lipinski definition) is 1. The van der Waals surface area contributed by atoms with Crippen LogP contribution in [0.2, 0.25) is 0 Å². The molecule has 5 nitrogen and oxygen atoms in total. The summed E-state index contributed by atoms with van der Waals surface area (Å²) in [5, 5.41) is 0. The molecule has 1 aliphatic heterocycles. The van der Waals surface area contributed by atoms with Gasteiger partial charge in [-0.15, -0.1) is 0 Å². The first-order valence-corrected chi connectivity index (χ1v) is 6.83. The van der Waals surface area contributed by atoms with Gasteiger partial charge in [-0.3, -0.25) is 4.79 Å². The van der Waals surface area contributed by atoms with E-state index < -0.39 is 0 Å². The fraction of sp³-hybridized carbons (Fsp3) is 0.833. The minimum absolute atomic E-state index is 0.149. The van der Waals surface area contributed by atoms with Crippen molar-refractivity contribution in [3.8, 4) is 0 Å². The lowest BCUT2D eigenvalue weighted by Gasteiger charge is -2.21. The van der Waals surface area contributed by atoms with Crippen molar-refractivity contribution in [3.05, 3.63) is 0 Å². The van der Waals surface area contributed by atoms with Crippen molar-refractivity contribution in [1.82, 2.24) is 9.80 Å². The van der Waals surface area contributed by atoms with Gasteiger partial charge in [0.05, 0.1) is 11.6 Å². The molecule has 0 aliphatic carbocycles. The molecule has 0 aromatic heterocycles. The topological polar surface area (TPSA) is 58.8 Å². The van der Waals surface area contributed by atoms with Crippen LogP contribution in [0.3, 0.4) is 0 Å². The molecule has 1 heterocycles. The van der Waals surface area contributed by atoms with Gasteiger partial charge < -0.3 is 20.3 Å². The highest BCUT2D eigenvalue weighted by Crippen LogP contribution is 2.02. The molecule has 1 aliphatic rings. The van der Waals surface area contributed by atoms with E-state index in [1.807, 2.05) is 0 Å². The van der Waals surface area contributed by atoms with Gasteiger partial charge in [0.25, 0.3) is 0 Å². The second-order valence-electron chi connectivity index (χ2n) is 4.59. The summed E-state index contributed by atoms with van der Waals surface area (Å²) in [5.74, 6) is 0.149. The van der Waals surface area contributed by atoms with Crippen LogP contribution in [0, 0.1) is 0 Å². The molecule has 0 aromatic carbocycles. The smallest absolute Gasteiger partial charge is 0.223 e. The van der Waals surface area contributed by atoms with Crippen molar-refractivity contribution >= 4 is 23.1 Å². The largest absolute Gasteiger partial charge is 0.393 e. The molecule has 0 unspecified atom stereocenters. The van der Waals surface area contributed by atoms with E-state index in [0.29, 0.717) is 24.4 Å². The average molecular weight is 273 g/mol. The molecule has 0 atom stereocenters. The van der Waals surface area contributed by atoms with Crippen molar-refractivity contribution in [2.24, 2.45) is 5.73 Å². The van der Waals surface area contributed by atoms with Crippen LogP contribution in [-0.2, 0) is 9.53 Å². The third-order valence-corrected chi connectivity index (χ3v) is 3.28. The third kappa shape index (κ3) is 6.28. The third-order valence-electron chi connectivity index (χ3n) is 3.08. The molecule has 1 amide bonds. The fourth-order valence-corrected chi connectivity index (χ4v) is 1.96. The Balaban J connectivity index is 2.20. The molecule has 1 rings (SSSR count). The van der Waals surface area contributed by atoms with E-state index in [1.165, 1.54) is 0 Å². The van der Waals surface area contributed by atoms with E-state index in [-0.39, 0.29) is 5.91 Å². The first kappa shape index (κ1) is 15.3. The molecule has 2 N–H and O–H groups in total. The second-order valence-corrected chi connectivity index (χ2v) is 5.11. The van der Waals surface area contributed by atoms with Crippen LogP contribution < -0.4 is 5.73 Å². The van der Waals surface area contributed by atoms with Gasteiger partial charge in [0.2, 0.25) is 5.91 Å². The van der Waals surface area contributed by atoms with Crippen molar-refractivity contribution < 1.29 is 9.53 Å². The Kier molecular flexibility index (Phi) is 7.15. The molecule has 0 aromatic rings. The molecular weight excluding hydrogens is 250 g/mol. The van der Waals surface area contributed by atoms with Crippen molar-refractivity contribution in [1.29, 1.82) is 0 Å². The number of hydrogen-bond acceptors (Lipinski definition) is 4. The number of thiocarbonyl (C=S) groups is 1. The Morgan fingerprint density at radius 3 is 2.89 bits per heavy atom. The van der Waals surface area contributed by atoms with E-state index in [9.17, 15) is 4.79 Å². The van der Waals surface area contributed by atoms with E-state index in [4.69, 9.17) is 22.7 Å². The van der Waals surface area contributed by atoms with Crippen LogP contribution in [0.15, 0.2) is 0 Å². The van der Waals surface area contributed by atoms with Crippen LogP contribution >= 0.6 is 12.2 Å². The lowest BCUT2D eigenvalue weighted by atomic mass is 10.3. The standard InChI is InChI=1S/C12H23N3O2S/c1-14(6-3-11(13)18)12(16)4-7-15-5-2-9-17-10-8-15/h2-10H2,1H3,(H2,13,18). The highest BCUT2D eigenvalue weighted by molar-refractivity contribution is 7.80. The minimum atomic E-state index is 0.149. The summed E-state index contributed by atoms with van der Waals surface area (Å²) < 4.78 is 5.38. The quantitative estimate of drug-likeness (QED) is 0.702. The first-order valence-electron chi connectivity index (χ1n) is 6.42. The predicted octanol–water partition coefficient (Wildman–Crippen LogP) is 0.233. The van der Waals surface area contributed by atoms with E-state index in [1.54, 1.807) is 11.9 Å². The van der Waals surface area contributed by atoms with Gasteiger partial charge >= 0.3 is 0 Å². The number of nitrogens with zero attached hydrogens (tertiary/aromatic N) is 2. The Bertz CT molecular complexity index is 278. The predicted molar refractivity (Wildman–Crippen MR) is 75.5 cm³/mol. The molecule has 0 spiro atoms. The van der Waals surface area contributed by atoms with Crippen LogP contribution in [-0.4, -0.2) is 67.1 Å². The van der Waals surface area contributed by atoms with Gasteiger partial charge in [-0.1, -0.05) is 12.2 Å². The molecule has 1 saturated heterocycles. The van der Waals surface area contributed by atoms with E-state index in [2.05, 4.69) is 4.90 Å². The maximum Gasteiger partial charge on any atom is 0.223 e. The van der Waals surface area contributed by atoms with Crippen LogP contribution in [0.1, 0.15) is 19.3 Å². The van der Waals surface area contributed by atoms with Gasteiger partial charge in [0, 0.05) is 52.7 Å². The van der Waals surface area contributed by atoms with Gasteiger partial charge in [-0.2, -0.15) is 0 Å². The van der Waals surface area contributed by atoms with Gasteiger partial charge in [0.1, 0.15) is 0 Å². The fourth-order valence-electron chi connectivity index (χ4n) is 1.87. The van der Waals surface area contributed by atoms with Gasteiger partial charge in [0.15, 0.2) is 0 Å². The highest BCUT2D eigenvalue weighted by Gasteiger charge is 2.13. The van der Waals surface area contributed by atoms with Crippen molar-refractivity contribution in [2.75, 3.05) is 46.4 Å². The van der Waals surface area contributed by atoms with Crippen LogP contribution in [0.25, 0.3) is 0 Å². The average Bonchev–Trinajstić information content (AvgIpc) is 2.61. The van der Waals surface area contributed by atoms with Crippen molar-refractivity contribution in [2.45, 2.75) is 19.3 Å². The molecule has 0 bridgehead atoms. The van der Waals surface area contributed by atoms with Gasteiger partial charge in [-0.25, -0.2) is 0 Å². The highest BCUT2D eigenvalue weighted by atomic mass is 32.1. The summed E-state index contributed by atoms with van der Waals surface area (Å²) in [6.45, 7) is 4.95. The second kappa shape index (κ2) is 8.39. The summed E-state index contributed by atoms with van der Waals surface area (Å²) in [4.78, 5) is 16.3. The number of carbonyl (C=O) groups is 1. The normalized spacial score (nSPS) is 17.2. The Morgan fingerprint density at radius 1 is 1.39 bits per heavy atom. The van der Waals surface area contributed by atoms with Gasteiger partial charge in [-0.05, 0) is 6.42 Å². The maximum absolute atomic E-state index is 11.9. The number of amides is 1. The number of ether oxygens (including phenoxy) is 1. The van der Waals surface area contributed by atoms with Crippen LogP contribution in [0.4, 0.5) is 0 Å². The Morgan fingerprint density at radius 2 is 2.17 bits per heavy atom. The summed E-state index contributed by atoms with van der Waals surface area (Å²) in [5.41, 5.74) is 5.42. The number of carbonyl (C=O) groups excluding carboxylic acids is 1. The van der Waals surface area contributed by atoms with E-state index in [0.717, 1.165) is 39.3 Å². The summed E-state index contributed by atoms with van der Waals surface area (Å²) in [6.07, 6.45) is 2.19. The molecular formula is C12H23N3O2S. The molecule has 1 fully saturated rings. The van der Waals surface area contributed by atoms with Crippen molar-refractivity contribution in [3.63, 3.8) is 0 Å². The Hall–Kier alpha value is -0.720.